The summed E-state index contributed by atoms with van der Waals surface area (Å²) < 4.78 is 0. The quantitative estimate of drug-likeness (QED) is 0.665. The number of hydrogen-bond acceptors (Lipinski definition) is 4. The lowest BCUT2D eigenvalue weighted by Gasteiger charge is -2.14. The molecule has 0 bridgehead atoms. The lowest BCUT2D eigenvalue weighted by Crippen LogP contribution is -2.31. The summed E-state index contributed by atoms with van der Waals surface area (Å²) in [5, 5.41) is 0. The molecule has 1 fully saturated rings. The van der Waals surface area contributed by atoms with Crippen LogP contribution in [0.25, 0.3) is 0 Å². The predicted octanol–water partition coefficient (Wildman–Crippen LogP) is 0.00670. The van der Waals surface area contributed by atoms with Gasteiger partial charge in [-0.1, -0.05) is 6.92 Å². The number of rotatable bonds is 2. The minimum absolute atomic E-state index is 0.154. The van der Waals surface area contributed by atoms with E-state index in [1.54, 1.807) is 0 Å². The van der Waals surface area contributed by atoms with Crippen molar-refractivity contribution in [2.45, 2.75) is 19.8 Å². The molecule has 3 rings (SSSR count). The molecule has 0 aromatic heterocycles. The van der Waals surface area contributed by atoms with E-state index in [0.717, 1.165) is 4.90 Å². The van der Waals surface area contributed by atoms with Crippen LogP contribution in [-0.4, -0.2) is 47.0 Å². The zero-order valence-corrected chi connectivity index (χ0v) is 11.3. The molecule has 20 heavy (non-hydrogen) atoms. The number of nitrogens with zero attached hydrogens (tertiary/aromatic N) is 2. The van der Waals surface area contributed by atoms with Gasteiger partial charge in [0.05, 0.1) is 5.92 Å². The summed E-state index contributed by atoms with van der Waals surface area (Å²) in [5.41, 5.74) is 0.965. The van der Waals surface area contributed by atoms with Crippen LogP contribution in [0.2, 0.25) is 0 Å². The lowest BCUT2D eigenvalue weighted by atomic mass is 9.85. The highest BCUT2D eigenvalue weighted by molar-refractivity contribution is 6.24. The fourth-order valence-corrected chi connectivity index (χ4v) is 2.95. The molecule has 3 aliphatic rings. The number of amides is 4. The first-order valence-electron chi connectivity index (χ1n) is 6.60. The van der Waals surface area contributed by atoms with Crippen LogP contribution in [0.4, 0.5) is 0 Å². The van der Waals surface area contributed by atoms with Crippen LogP contribution < -0.4 is 0 Å². The number of fused-ring (bicyclic) bond motifs is 1. The average molecular weight is 274 g/mol. The summed E-state index contributed by atoms with van der Waals surface area (Å²) in [4.78, 5) is 50.6. The molecule has 6 nitrogen and oxygen atoms in total. The van der Waals surface area contributed by atoms with Crippen LogP contribution in [-0.2, 0) is 19.2 Å². The van der Waals surface area contributed by atoms with Crippen LogP contribution >= 0.6 is 0 Å². The maximum Gasteiger partial charge on any atom is 0.260 e. The Hall–Kier alpha value is -2.24. The van der Waals surface area contributed by atoms with Crippen molar-refractivity contribution in [3.8, 4) is 0 Å². The van der Waals surface area contributed by atoms with Gasteiger partial charge < -0.3 is 0 Å². The Bertz CT molecular complexity index is 629. The highest BCUT2D eigenvalue weighted by Gasteiger charge is 2.49. The van der Waals surface area contributed by atoms with Crippen molar-refractivity contribution in [3.63, 3.8) is 0 Å². The van der Waals surface area contributed by atoms with Gasteiger partial charge in [0.1, 0.15) is 0 Å². The minimum Gasteiger partial charge on any atom is -0.278 e. The van der Waals surface area contributed by atoms with Gasteiger partial charge in [-0.05, 0) is 18.9 Å². The molecule has 0 saturated carbocycles. The molecule has 0 N–H and O–H groups in total. The molecule has 0 spiro atoms. The molecule has 0 aromatic rings. The molecule has 6 heteroatoms. The highest BCUT2D eigenvalue weighted by Crippen LogP contribution is 2.40. The molecule has 4 amide bonds. The molecule has 2 aliphatic heterocycles. The molecular weight excluding hydrogens is 260 g/mol. The maximum absolute atomic E-state index is 12.2. The van der Waals surface area contributed by atoms with Crippen molar-refractivity contribution in [1.82, 2.24) is 9.80 Å². The largest absolute Gasteiger partial charge is 0.278 e. The Morgan fingerprint density at radius 3 is 2.50 bits per heavy atom. The van der Waals surface area contributed by atoms with Gasteiger partial charge in [0, 0.05) is 30.3 Å². The fraction of sp³-hybridized carbons (Fsp3) is 0.429. The number of imide groups is 2. The van der Waals surface area contributed by atoms with E-state index in [0.29, 0.717) is 24.1 Å². The molecule has 0 radical (unpaired) electrons. The number of likely N-dealkylation sites (tertiary alicyclic amines) is 1. The minimum atomic E-state index is -0.601. The van der Waals surface area contributed by atoms with E-state index in [4.69, 9.17) is 0 Å². The second kappa shape index (κ2) is 4.13. The Balaban J connectivity index is 2.02. The van der Waals surface area contributed by atoms with Crippen molar-refractivity contribution in [3.05, 3.63) is 22.8 Å². The number of carbonyl (C=O) groups excluding carboxylic acids is 4. The van der Waals surface area contributed by atoms with Gasteiger partial charge in [0.2, 0.25) is 5.91 Å². The van der Waals surface area contributed by atoms with Gasteiger partial charge in [-0.15, -0.1) is 0 Å². The Kier molecular flexibility index (Phi) is 2.64. The van der Waals surface area contributed by atoms with Crippen molar-refractivity contribution in [2.24, 2.45) is 5.92 Å². The van der Waals surface area contributed by atoms with Crippen molar-refractivity contribution in [2.75, 3.05) is 13.6 Å². The number of likely N-dealkylation sites (N-methyl/N-ethyl adjacent to an activating group) is 1. The Labute approximate surface area is 115 Å². The predicted molar refractivity (Wildman–Crippen MR) is 68.0 cm³/mol. The van der Waals surface area contributed by atoms with Gasteiger partial charge in [-0.3, -0.25) is 29.0 Å². The first-order valence-corrected chi connectivity index (χ1v) is 6.60. The fourth-order valence-electron chi connectivity index (χ4n) is 2.95. The third-order valence-electron chi connectivity index (χ3n) is 4.01. The molecule has 104 valence electrons. The van der Waals surface area contributed by atoms with Crippen molar-refractivity contribution < 1.29 is 19.2 Å². The van der Waals surface area contributed by atoms with Crippen LogP contribution in [0.3, 0.4) is 0 Å². The second-order valence-electron chi connectivity index (χ2n) is 5.21. The van der Waals surface area contributed by atoms with Gasteiger partial charge in [0.15, 0.2) is 0 Å². The van der Waals surface area contributed by atoms with E-state index in [1.165, 1.54) is 18.0 Å². The van der Waals surface area contributed by atoms with E-state index in [1.807, 2.05) is 6.92 Å². The normalized spacial score (nSPS) is 25.5. The zero-order valence-electron chi connectivity index (χ0n) is 11.3. The van der Waals surface area contributed by atoms with E-state index in [2.05, 4.69) is 0 Å². The third kappa shape index (κ3) is 1.44. The summed E-state index contributed by atoms with van der Waals surface area (Å²) in [6.07, 6.45) is 2.27. The SMILES string of the molecule is CCCN1C(=O)C2=CC3=C(CC2C1=O)C(=O)N(C)C3=O. The van der Waals surface area contributed by atoms with Crippen LogP contribution in [0.15, 0.2) is 22.8 Å². The van der Waals surface area contributed by atoms with E-state index in [9.17, 15) is 19.2 Å². The smallest absolute Gasteiger partial charge is 0.260 e. The summed E-state index contributed by atoms with van der Waals surface area (Å²) in [6.45, 7) is 2.26. The maximum atomic E-state index is 12.2. The molecule has 1 saturated heterocycles. The molecule has 2 heterocycles. The van der Waals surface area contributed by atoms with Crippen molar-refractivity contribution in [1.29, 1.82) is 0 Å². The summed E-state index contributed by atoms with van der Waals surface area (Å²) >= 11 is 0. The van der Waals surface area contributed by atoms with Gasteiger partial charge >= 0.3 is 0 Å². The van der Waals surface area contributed by atoms with Crippen LogP contribution in [0.1, 0.15) is 19.8 Å². The van der Waals surface area contributed by atoms with Crippen LogP contribution in [0, 0.1) is 5.92 Å². The molecule has 1 aliphatic carbocycles. The second-order valence-corrected chi connectivity index (χ2v) is 5.21. The van der Waals surface area contributed by atoms with E-state index < -0.39 is 11.8 Å². The van der Waals surface area contributed by atoms with E-state index in [-0.39, 0.29) is 29.7 Å². The summed E-state index contributed by atoms with van der Waals surface area (Å²) in [7, 11) is 1.41. The lowest BCUT2D eigenvalue weighted by molar-refractivity contribution is -0.139. The molecule has 0 aromatic carbocycles. The first-order chi connectivity index (χ1) is 9.47. The molecule has 1 unspecified atom stereocenters. The topological polar surface area (TPSA) is 74.8 Å². The van der Waals surface area contributed by atoms with Gasteiger partial charge in [-0.25, -0.2) is 0 Å². The zero-order chi connectivity index (χ0) is 14.6. The van der Waals surface area contributed by atoms with Crippen molar-refractivity contribution >= 4 is 23.6 Å². The third-order valence-corrected chi connectivity index (χ3v) is 4.01. The Morgan fingerprint density at radius 1 is 1.15 bits per heavy atom. The highest BCUT2D eigenvalue weighted by atomic mass is 16.2. The Morgan fingerprint density at radius 2 is 1.85 bits per heavy atom. The van der Waals surface area contributed by atoms with Gasteiger partial charge in [0.25, 0.3) is 17.7 Å². The molecule has 1 atom stereocenters. The summed E-state index contributed by atoms with van der Waals surface area (Å²) in [5.74, 6) is -1.96. The van der Waals surface area contributed by atoms with Crippen LogP contribution in [0.5, 0.6) is 0 Å². The standard InChI is InChI=1S/C14H14N2O4/c1-3-4-16-13(19)9-5-7-8(6-10(9)14(16)20)12(18)15(2)11(7)17/h5,10H,3-4,6H2,1-2H3. The van der Waals surface area contributed by atoms with Gasteiger partial charge in [-0.2, -0.15) is 0 Å². The van der Waals surface area contributed by atoms with E-state index >= 15 is 0 Å². The monoisotopic (exact) mass is 274 g/mol. The molecular formula is C14H14N2O4. The number of hydrogen-bond donors (Lipinski definition) is 0. The summed E-state index contributed by atoms with van der Waals surface area (Å²) in [6, 6.07) is 0. The number of carbonyl (C=O) groups is 4. The average Bonchev–Trinajstić information content (AvgIpc) is 2.80. The first kappa shape index (κ1) is 12.8.